The molecule has 0 saturated heterocycles. The molecule has 0 aliphatic carbocycles. The third kappa shape index (κ3) is 4.08. The number of fused-ring (bicyclic) bond motifs is 1. The normalized spacial score (nSPS) is 11.2. The Morgan fingerprint density at radius 3 is 2.53 bits per heavy atom. The number of rotatable bonds is 5. The van der Waals surface area contributed by atoms with Gasteiger partial charge >= 0.3 is 0 Å². The van der Waals surface area contributed by atoms with Crippen molar-refractivity contribution in [3.05, 3.63) is 111 Å². The van der Waals surface area contributed by atoms with Gasteiger partial charge in [0.15, 0.2) is 11.4 Å². The van der Waals surface area contributed by atoms with Crippen LogP contribution >= 0.6 is 11.6 Å². The highest BCUT2D eigenvalue weighted by molar-refractivity contribution is 6.30. The predicted molar refractivity (Wildman–Crippen MR) is 134 cm³/mol. The number of halogens is 1. The molecule has 0 amide bonds. The number of nitrogens with zero attached hydrogens (tertiary/aromatic N) is 4. The molecule has 34 heavy (non-hydrogen) atoms. The van der Waals surface area contributed by atoms with Gasteiger partial charge in [0.25, 0.3) is 5.56 Å². The van der Waals surface area contributed by atoms with Gasteiger partial charge in [-0.05, 0) is 68.8 Å². The molecule has 0 aliphatic rings. The molecular formula is C27H23ClN4O2. The summed E-state index contributed by atoms with van der Waals surface area (Å²) in [4.78, 5) is 18.3. The standard InChI is InChI=1S/C27H23ClN4O2/c1-17-6-4-7-20(14-17)16-34-24-8-5-13-31-26(24)29-19(3)25(27(31)33)23-15-18(2)32(30-23)22-11-9-21(28)10-12-22/h4-15H,16H2,1-3H3. The molecular weight excluding hydrogens is 448 g/mol. The van der Waals surface area contributed by atoms with Crippen LogP contribution in [0.1, 0.15) is 22.5 Å². The van der Waals surface area contributed by atoms with Crippen molar-refractivity contribution in [3.8, 4) is 22.7 Å². The van der Waals surface area contributed by atoms with Gasteiger partial charge in [-0.1, -0.05) is 41.4 Å². The van der Waals surface area contributed by atoms with Gasteiger partial charge in [0.1, 0.15) is 12.3 Å². The van der Waals surface area contributed by atoms with Gasteiger partial charge in [-0.15, -0.1) is 0 Å². The molecule has 0 saturated carbocycles. The Morgan fingerprint density at radius 2 is 1.76 bits per heavy atom. The average molecular weight is 471 g/mol. The fraction of sp³-hybridized carbons (Fsp3) is 0.148. The van der Waals surface area contributed by atoms with Gasteiger partial charge < -0.3 is 4.74 Å². The number of benzene rings is 2. The molecule has 2 aromatic carbocycles. The summed E-state index contributed by atoms with van der Waals surface area (Å²) < 4.78 is 9.36. The quantitative estimate of drug-likeness (QED) is 0.330. The van der Waals surface area contributed by atoms with Crippen LogP contribution in [0.4, 0.5) is 0 Å². The SMILES string of the molecule is Cc1cccc(COc2cccn3c(=O)c(-c4cc(C)n(-c5ccc(Cl)cc5)n4)c(C)nc23)c1. The van der Waals surface area contributed by atoms with Gasteiger partial charge in [0.05, 0.1) is 16.9 Å². The zero-order valence-electron chi connectivity index (χ0n) is 19.1. The lowest BCUT2D eigenvalue weighted by atomic mass is 10.1. The Balaban J connectivity index is 1.55. The van der Waals surface area contributed by atoms with Crippen LogP contribution in [0.15, 0.2) is 77.7 Å². The van der Waals surface area contributed by atoms with Crippen LogP contribution < -0.4 is 10.3 Å². The Labute approximate surface area is 202 Å². The van der Waals surface area contributed by atoms with Crippen molar-refractivity contribution >= 4 is 17.2 Å². The monoisotopic (exact) mass is 470 g/mol. The molecule has 0 unspecified atom stereocenters. The lowest BCUT2D eigenvalue weighted by Crippen LogP contribution is -2.19. The third-order valence-electron chi connectivity index (χ3n) is 5.69. The van der Waals surface area contributed by atoms with Crippen LogP contribution in [0.5, 0.6) is 5.75 Å². The zero-order chi connectivity index (χ0) is 23.8. The van der Waals surface area contributed by atoms with E-state index in [0.717, 1.165) is 16.9 Å². The maximum Gasteiger partial charge on any atom is 0.267 e. The van der Waals surface area contributed by atoms with E-state index in [1.807, 2.05) is 75.4 Å². The summed E-state index contributed by atoms with van der Waals surface area (Å²) in [6, 6.07) is 21.1. The lowest BCUT2D eigenvalue weighted by Gasteiger charge is -2.12. The van der Waals surface area contributed by atoms with Crippen LogP contribution in [0.3, 0.4) is 0 Å². The molecule has 5 rings (SSSR count). The number of hydrogen-bond acceptors (Lipinski definition) is 4. The second kappa shape index (κ2) is 8.80. The first-order chi connectivity index (χ1) is 16.4. The van der Waals surface area contributed by atoms with Crippen LogP contribution in [-0.4, -0.2) is 19.2 Å². The molecule has 0 fully saturated rings. The molecule has 0 N–H and O–H groups in total. The van der Waals surface area contributed by atoms with E-state index in [4.69, 9.17) is 26.4 Å². The van der Waals surface area contributed by atoms with E-state index in [-0.39, 0.29) is 5.56 Å². The van der Waals surface area contributed by atoms with Crippen molar-refractivity contribution in [2.75, 3.05) is 0 Å². The van der Waals surface area contributed by atoms with Gasteiger partial charge in [0.2, 0.25) is 0 Å². The van der Waals surface area contributed by atoms with E-state index < -0.39 is 0 Å². The molecule has 0 aliphatic heterocycles. The highest BCUT2D eigenvalue weighted by Gasteiger charge is 2.18. The number of aryl methyl sites for hydroxylation is 3. The van der Waals surface area contributed by atoms with E-state index in [1.165, 1.54) is 9.96 Å². The second-order valence-corrected chi connectivity index (χ2v) is 8.72. The summed E-state index contributed by atoms with van der Waals surface area (Å²) in [6.07, 6.45) is 1.70. The maximum atomic E-state index is 13.5. The minimum Gasteiger partial charge on any atom is -0.485 e. The van der Waals surface area contributed by atoms with Crippen LogP contribution in [-0.2, 0) is 6.61 Å². The summed E-state index contributed by atoms with van der Waals surface area (Å²) in [5, 5.41) is 5.36. The number of aromatic nitrogens is 4. The highest BCUT2D eigenvalue weighted by atomic mass is 35.5. The average Bonchev–Trinajstić information content (AvgIpc) is 3.19. The van der Waals surface area contributed by atoms with Crippen LogP contribution in [0.25, 0.3) is 22.6 Å². The minimum absolute atomic E-state index is 0.190. The number of pyridine rings is 1. The minimum atomic E-state index is -0.190. The molecule has 0 spiro atoms. The van der Waals surface area contributed by atoms with E-state index in [2.05, 4.69) is 6.07 Å². The van der Waals surface area contributed by atoms with Crippen molar-refractivity contribution in [3.63, 3.8) is 0 Å². The van der Waals surface area contributed by atoms with Crippen molar-refractivity contribution in [2.24, 2.45) is 0 Å². The summed E-state index contributed by atoms with van der Waals surface area (Å²) in [6.45, 7) is 6.21. The molecule has 7 heteroatoms. The van der Waals surface area contributed by atoms with Gasteiger partial charge in [-0.3, -0.25) is 9.20 Å². The summed E-state index contributed by atoms with van der Waals surface area (Å²) >= 11 is 6.02. The fourth-order valence-corrected chi connectivity index (χ4v) is 4.18. The van der Waals surface area contributed by atoms with Gasteiger partial charge in [0, 0.05) is 16.9 Å². The van der Waals surface area contributed by atoms with Crippen LogP contribution in [0.2, 0.25) is 5.02 Å². The number of ether oxygens (including phenoxy) is 1. The van der Waals surface area contributed by atoms with E-state index >= 15 is 0 Å². The fourth-order valence-electron chi connectivity index (χ4n) is 4.05. The second-order valence-electron chi connectivity index (χ2n) is 8.28. The summed E-state index contributed by atoms with van der Waals surface area (Å²) in [7, 11) is 0. The molecule has 3 aromatic heterocycles. The molecule has 5 aromatic rings. The molecule has 170 valence electrons. The zero-order valence-corrected chi connectivity index (χ0v) is 19.9. The summed E-state index contributed by atoms with van der Waals surface area (Å²) in [5.74, 6) is 0.554. The largest absolute Gasteiger partial charge is 0.485 e. The lowest BCUT2D eigenvalue weighted by molar-refractivity contribution is 0.307. The first kappa shape index (κ1) is 21.9. The molecule has 0 bridgehead atoms. The maximum absolute atomic E-state index is 13.5. The van der Waals surface area contributed by atoms with E-state index in [0.29, 0.717) is 40.0 Å². The van der Waals surface area contributed by atoms with E-state index in [9.17, 15) is 4.79 Å². The van der Waals surface area contributed by atoms with E-state index in [1.54, 1.807) is 16.9 Å². The highest BCUT2D eigenvalue weighted by Crippen LogP contribution is 2.25. The Kier molecular flexibility index (Phi) is 5.67. The number of hydrogen-bond donors (Lipinski definition) is 0. The van der Waals surface area contributed by atoms with Crippen molar-refractivity contribution in [1.82, 2.24) is 19.2 Å². The predicted octanol–water partition coefficient (Wildman–Crippen LogP) is 5.70. The third-order valence-corrected chi connectivity index (χ3v) is 5.94. The first-order valence-corrected chi connectivity index (χ1v) is 11.3. The molecule has 3 heterocycles. The first-order valence-electron chi connectivity index (χ1n) is 10.9. The van der Waals surface area contributed by atoms with Crippen molar-refractivity contribution in [1.29, 1.82) is 0 Å². The Bertz CT molecular complexity index is 1570. The van der Waals surface area contributed by atoms with Gasteiger partial charge in [-0.2, -0.15) is 5.10 Å². The van der Waals surface area contributed by atoms with Crippen molar-refractivity contribution < 1.29 is 4.74 Å². The molecule has 0 atom stereocenters. The molecule has 6 nitrogen and oxygen atoms in total. The Hall–Kier alpha value is -3.90. The summed E-state index contributed by atoms with van der Waals surface area (Å²) in [5.41, 5.74) is 5.91. The van der Waals surface area contributed by atoms with Crippen LogP contribution in [0, 0.1) is 20.8 Å². The van der Waals surface area contributed by atoms with Crippen molar-refractivity contribution in [2.45, 2.75) is 27.4 Å². The molecule has 0 radical (unpaired) electrons. The van der Waals surface area contributed by atoms with Gasteiger partial charge in [-0.25, -0.2) is 9.67 Å². The smallest absolute Gasteiger partial charge is 0.267 e. The Morgan fingerprint density at radius 1 is 0.971 bits per heavy atom. The topological polar surface area (TPSA) is 61.4 Å².